The minimum absolute atomic E-state index is 0.406. The fourth-order valence-electron chi connectivity index (χ4n) is 4.03. The van der Waals surface area contributed by atoms with Gasteiger partial charge in [0.25, 0.3) is 0 Å². The standard InChI is InChI=1S/C25H38N4O2/c1-18(2)16-31-17-23(30)15-28-10-12-29(13-11-28)25-24(20(4)26-21(5)27-25)14-22-8-6-19(3)7-9-22/h6-9,18,23,30H,10-17H2,1-5H3/t23-/m0/s1. The SMILES string of the molecule is Cc1ccc(Cc2c(C)nc(C)nc2N2CCN(C[C@H](O)COCC(C)C)CC2)cc1. The molecule has 170 valence electrons. The second-order valence-electron chi connectivity index (χ2n) is 9.19. The molecule has 0 amide bonds. The summed E-state index contributed by atoms with van der Waals surface area (Å²) in [5.74, 6) is 2.37. The Bertz CT molecular complexity index is 830. The van der Waals surface area contributed by atoms with E-state index in [-0.39, 0.29) is 0 Å². The summed E-state index contributed by atoms with van der Waals surface area (Å²) >= 11 is 0. The Labute approximate surface area is 187 Å². The maximum atomic E-state index is 10.3. The van der Waals surface area contributed by atoms with Gasteiger partial charge in [0.05, 0.1) is 12.7 Å². The number of benzene rings is 1. The molecular weight excluding hydrogens is 388 g/mol. The maximum Gasteiger partial charge on any atom is 0.136 e. The summed E-state index contributed by atoms with van der Waals surface area (Å²) in [5, 5.41) is 10.3. The van der Waals surface area contributed by atoms with Crippen molar-refractivity contribution in [1.82, 2.24) is 14.9 Å². The summed E-state index contributed by atoms with van der Waals surface area (Å²) in [4.78, 5) is 14.2. The second-order valence-corrected chi connectivity index (χ2v) is 9.19. The molecule has 2 aromatic rings. The van der Waals surface area contributed by atoms with Crippen molar-refractivity contribution in [1.29, 1.82) is 0 Å². The highest BCUT2D eigenvalue weighted by molar-refractivity contribution is 5.51. The quantitative estimate of drug-likeness (QED) is 0.665. The number of aliphatic hydroxyl groups is 1. The van der Waals surface area contributed by atoms with Gasteiger partial charge in [0.1, 0.15) is 11.6 Å². The van der Waals surface area contributed by atoms with Gasteiger partial charge in [0.2, 0.25) is 0 Å². The molecule has 1 aromatic carbocycles. The van der Waals surface area contributed by atoms with Crippen LogP contribution in [0.3, 0.4) is 0 Å². The van der Waals surface area contributed by atoms with Crippen molar-refractivity contribution >= 4 is 5.82 Å². The molecule has 1 N–H and O–H groups in total. The molecule has 0 unspecified atom stereocenters. The lowest BCUT2D eigenvalue weighted by atomic mass is 10.0. The van der Waals surface area contributed by atoms with E-state index in [1.165, 1.54) is 16.7 Å². The number of rotatable bonds is 9. The van der Waals surface area contributed by atoms with E-state index in [0.717, 1.165) is 49.9 Å². The highest BCUT2D eigenvalue weighted by Gasteiger charge is 2.23. The van der Waals surface area contributed by atoms with E-state index >= 15 is 0 Å². The third-order valence-electron chi connectivity index (χ3n) is 5.71. The van der Waals surface area contributed by atoms with E-state index in [1.54, 1.807) is 0 Å². The van der Waals surface area contributed by atoms with Crippen LogP contribution >= 0.6 is 0 Å². The molecule has 2 heterocycles. The van der Waals surface area contributed by atoms with Crippen molar-refractivity contribution in [3.8, 4) is 0 Å². The number of β-amino-alcohol motifs (C(OH)–C–C–N with tert-alkyl or cyclic N) is 1. The van der Waals surface area contributed by atoms with Gasteiger partial charge in [-0.25, -0.2) is 9.97 Å². The summed E-state index contributed by atoms with van der Waals surface area (Å²) < 4.78 is 5.59. The monoisotopic (exact) mass is 426 g/mol. The molecule has 6 heteroatoms. The minimum Gasteiger partial charge on any atom is -0.389 e. The van der Waals surface area contributed by atoms with Crippen molar-refractivity contribution in [3.63, 3.8) is 0 Å². The first kappa shape index (κ1) is 23.6. The number of hydrogen-bond acceptors (Lipinski definition) is 6. The largest absolute Gasteiger partial charge is 0.389 e. The molecule has 1 aliphatic rings. The lowest BCUT2D eigenvalue weighted by Gasteiger charge is -2.37. The number of aromatic nitrogens is 2. The smallest absolute Gasteiger partial charge is 0.136 e. The van der Waals surface area contributed by atoms with Gasteiger partial charge in [0.15, 0.2) is 0 Å². The molecule has 1 atom stereocenters. The van der Waals surface area contributed by atoms with Crippen LogP contribution in [-0.2, 0) is 11.2 Å². The normalized spacial score (nSPS) is 16.2. The number of aryl methyl sites for hydroxylation is 3. The fourth-order valence-corrected chi connectivity index (χ4v) is 4.03. The van der Waals surface area contributed by atoms with Crippen molar-refractivity contribution in [2.24, 2.45) is 5.92 Å². The third kappa shape index (κ3) is 6.99. The molecule has 0 spiro atoms. The maximum absolute atomic E-state index is 10.3. The van der Waals surface area contributed by atoms with Crippen molar-refractivity contribution in [3.05, 3.63) is 52.5 Å². The van der Waals surface area contributed by atoms with Gasteiger partial charge in [0, 0.05) is 57.0 Å². The zero-order valence-corrected chi connectivity index (χ0v) is 19.8. The number of ether oxygens (including phenoxy) is 1. The highest BCUT2D eigenvalue weighted by Crippen LogP contribution is 2.25. The molecule has 1 aromatic heterocycles. The van der Waals surface area contributed by atoms with E-state index in [4.69, 9.17) is 9.72 Å². The van der Waals surface area contributed by atoms with Gasteiger partial charge in [-0.05, 0) is 32.3 Å². The zero-order chi connectivity index (χ0) is 22.4. The average Bonchev–Trinajstić information content (AvgIpc) is 2.71. The Morgan fingerprint density at radius 2 is 1.65 bits per heavy atom. The van der Waals surface area contributed by atoms with E-state index in [2.05, 4.69) is 66.7 Å². The van der Waals surface area contributed by atoms with E-state index in [0.29, 0.717) is 25.7 Å². The van der Waals surface area contributed by atoms with Crippen LogP contribution in [0.1, 0.15) is 42.1 Å². The Morgan fingerprint density at radius 1 is 0.968 bits per heavy atom. The summed E-state index contributed by atoms with van der Waals surface area (Å²) in [7, 11) is 0. The Balaban J connectivity index is 1.62. The van der Waals surface area contributed by atoms with E-state index < -0.39 is 6.10 Å². The molecule has 31 heavy (non-hydrogen) atoms. The lowest BCUT2D eigenvalue weighted by Crippen LogP contribution is -2.49. The van der Waals surface area contributed by atoms with E-state index in [9.17, 15) is 5.11 Å². The van der Waals surface area contributed by atoms with Gasteiger partial charge in [-0.15, -0.1) is 0 Å². The Morgan fingerprint density at radius 3 is 2.29 bits per heavy atom. The van der Waals surface area contributed by atoms with Gasteiger partial charge < -0.3 is 14.7 Å². The fraction of sp³-hybridized carbons (Fsp3) is 0.600. The molecular formula is C25H38N4O2. The molecule has 1 fully saturated rings. The predicted molar refractivity (Wildman–Crippen MR) is 126 cm³/mol. The molecule has 0 bridgehead atoms. The van der Waals surface area contributed by atoms with Crippen LogP contribution in [0, 0.1) is 26.7 Å². The zero-order valence-electron chi connectivity index (χ0n) is 19.8. The molecule has 3 rings (SSSR count). The van der Waals surface area contributed by atoms with Crippen LogP contribution < -0.4 is 4.90 Å². The molecule has 0 saturated carbocycles. The molecule has 1 aliphatic heterocycles. The molecule has 6 nitrogen and oxygen atoms in total. The van der Waals surface area contributed by atoms with Crippen LogP contribution in [0.5, 0.6) is 0 Å². The van der Waals surface area contributed by atoms with Crippen molar-refractivity contribution in [2.75, 3.05) is 50.8 Å². The molecule has 1 saturated heterocycles. The summed E-state index contributed by atoms with van der Waals surface area (Å²) in [6.07, 6.45) is 0.402. The van der Waals surface area contributed by atoms with Crippen LogP contribution in [0.4, 0.5) is 5.82 Å². The van der Waals surface area contributed by atoms with Crippen LogP contribution in [0.15, 0.2) is 24.3 Å². The third-order valence-corrected chi connectivity index (χ3v) is 5.71. The first-order valence-corrected chi connectivity index (χ1v) is 11.4. The van der Waals surface area contributed by atoms with Crippen LogP contribution in [0.25, 0.3) is 0 Å². The number of hydrogen-bond donors (Lipinski definition) is 1. The number of anilines is 1. The van der Waals surface area contributed by atoms with Crippen LogP contribution in [-0.4, -0.2) is 72.0 Å². The summed E-state index contributed by atoms with van der Waals surface area (Å²) in [6, 6.07) is 8.71. The first-order valence-electron chi connectivity index (χ1n) is 11.4. The van der Waals surface area contributed by atoms with Gasteiger partial charge in [-0.1, -0.05) is 43.7 Å². The van der Waals surface area contributed by atoms with Crippen LogP contribution in [0.2, 0.25) is 0 Å². The average molecular weight is 427 g/mol. The predicted octanol–water partition coefficient (Wildman–Crippen LogP) is 3.15. The summed E-state index contributed by atoms with van der Waals surface area (Å²) in [6.45, 7) is 15.8. The Kier molecular flexibility index (Phi) is 8.41. The second kappa shape index (κ2) is 11.0. The number of nitrogens with zero attached hydrogens (tertiary/aromatic N) is 4. The van der Waals surface area contributed by atoms with E-state index in [1.807, 2.05) is 6.92 Å². The summed E-state index contributed by atoms with van der Waals surface area (Å²) in [5.41, 5.74) is 4.83. The van der Waals surface area contributed by atoms with Gasteiger partial charge in [-0.3, -0.25) is 4.90 Å². The van der Waals surface area contributed by atoms with Crippen molar-refractivity contribution in [2.45, 2.75) is 47.1 Å². The molecule has 0 radical (unpaired) electrons. The van der Waals surface area contributed by atoms with Gasteiger partial charge >= 0.3 is 0 Å². The first-order chi connectivity index (χ1) is 14.8. The minimum atomic E-state index is -0.439. The van der Waals surface area contributed by atoms with Gasteiger partial charge in [-0.2, -0.15) is 0 Å². The number of aliphatic hydroxyl groups excluding tert-OH is 1. The number of piperazine rings is 1. The molecule has 0 aliphatic carbocycles. The highest BCUT2D eigenvalue weighted by atomic mass is 16.5. The Hall–Kier alpha value is -2.02. The topological polar surface area (TPSA) is 61.7 Å². The van der Waals surface area contributed by atoms with Crippen molar-refractivity contribution < 1.29 is 9.84 Å². The lowest BCUT2D eigenvalue weighted by molar-refractivity contribution is 0.00745.